The Hall–Kier alpha value is -1.84. The van der Waals surface area contributed by atoms with Gasteiger partial charge in [-0.2, -0.15) is 0 Å². The van der Waals surface area contributed by atoms with Crippen molar-refractivity contribution in [3.05, 3.63) is 95.4 Å². The molecule has 28 heavy (non-hydrogen) atoms. The van der Waals surface area contributed by atoms with Crippen LogP contribution in [0.2, 0.25) is 0 Å². The van der Waals surface area contributed by atoms with Crippen LogP contribution < -0.4 is 0 Å². The van der Waals surface area contributed by atoms with E-state index in [1.165, 1.54) is 11.1 Å². The van der Waals surface area contributed by atoms with Gasteiger partial charge in [-0.1, -0.05) is 60.7 Å². The molecule has 148 valence electrons. The van der Waals surface area contributed by atoms with Crippen molar-refractivity contribution in [3.63, 3.8) is 0 Å². The van der Waals surface area contributed by atoms with Crippen LogP contribution in [0.1, 0.15) is 36.5 Å². The molecule has 0 bridgehead atoms. The number of hydrogen-bond acceptors (Lipinski definition) is 3. The van der Waals surface area contributed by atoms with Crippen LogP contribution in [-0.2, 0) is 26.2 Å². The molecule has 0 saturated carbocycles. The van der Waals surface area contributed by atoms with E-state index in [0.717, 1.165) is 22.9 Å². The summed E-state index contributed by atoms with van der Waals surface area (Å²) in [7, 11) is 9.53. The van der Waals surface area contributed by atoms with Gasteiger partial charge >= 0.3 is 33.3 Å². The number of hydrogen-bond donors (Lipinski definition) is 0. The molecule has 6 heteroatoms. The molecule has 3 nitrogen and oxygen atoms in total. The van der Waals surface area contributed by atoms with Gasteiger partial charge in [-0.05, 0) is 37.1 Å². The molecule has 0 aliphatic heterocycles. The summed E-state index contributed by atoms with van der Waals surface area (Å²) in [6.07, 6.45) is 0. The van der Waals surface area contributed by atoms with E-state index in [1.807, 2.05) is 62.4 Å². The second kappa shape index (κ2) is 12.6. The van der Waals surface area contributed by atoms with Crippen molar-refractivity contribution in [2.75, 3.05) is 0 Å². The first-order valence-electron chi connectivity index (χ1n) is 8.69. The van der Waals surface area contributed by atoms with Crippen molar-refractivity contribution in [1.29, 1.82) is 0 Å². The van der Waals surface area contributed by atoms with E-state index in [9.17, 15) is 0 Å². The minimum atomic E-state index is 0.194. The van der Waals surface area contributed by atoms with Gasteiger partial charge in [0, 0.05) is 0 Å². The molecular formula is C22H22Cl2FeN2O. The third-order valence-electron chi connectivity index (χ3n) is 4.00. The first-order chi connectivity index (χ1) is 13.6. The van der Waals surface area contributed by atoms with Crippen LogP contribution in [0.5, 0.6) is 0 Å². The molecule has 0 amide bonds. The van der Waals surface area contributed by atoms with Gasteiger partial charge in [0.15, 0.2) is 0 Å². The van der Waals surface area contributed by atoms with E-state index < -0.39 is 0 Å². The Morgan fingerprint density at radius 3 is 1.43 bits per heavy atom. The Balaban J connectivity index is 0.000000878. The van der Waals surface area contributed by atoms with Crippen molar-refractivity contribution in [2.45, 2.75) is 26.9 Å². The van der Waals surface area contributed by atoms with Crippen LogP contribution in [-0.4, -0.2) is 11.4 Å². The Kier molecular flexibility index (Phi) is 10.1. The zero-order valence-electron chi connectivity index (χ0n) is 15.8. The molecule has 0 aliphatic rings. The predicted molar refractivity (Wildman–Crippen MR) is 115 cm³/mol. The fraction of sp³-hybridized carbons (Fsp3) is 0.182. The van der Waals surface area contributed by atoms with E-state index >= 15 is 0 Å². The molecule has 0 fully saturated rings. The van der Waals surface area contributed by atoms with Crippen LogP contribution in [0.15, 0.2) is 87.2 Å². The van der Waals surface area contributed by atoms with Gasteiger partial charge in [-0.25, -0.2) is 0 Å². The molecule has 0 spiro atoms. The summed E-state index contributed by atoms with van der Waals surface area (Å²) in [6.45, 7) is 5.26. The SMILES string of the molecule is CC(=NCc1ccccc1)c1ccc(C(C)=NCc2ccccc2)o1.[Cl][Fe][Cl]. The van der Waals surface area contributed by atoms with Crippen molar-refractivity contribution in [1.82, 2.24) is 0 Å². The van der Waals surface area contributed by atoms with Gasteiger partial charge in [0.05, 0.1) is 24.5 Å². The van der Waals surface area contributed by atoms with Crippen LogP contribution in [0, 0.1) is 0 Å². The normalized spacial score (nSPS) is 11.9. The summed E-state index contributed by atoms with van der Waals surface area (Å²) in [5.74, 6) is 1.58. The Morgan fingerprint density at radius 1 is 0.714 bits per heavy atom. The van der Waals surface area contributed by atoms with E-state index in [2.05, 4.69) is 34.3 Å². The standard InChI is InChI=1S/C22H22N2O.2ClH.Fe/c1-17(23-15-19-9-5-3-6-10-19)21-13-14-22(25-21)18(2)24-16-20-11-7-4-8-12-20;;;/h3-14H,15-16H2,1-2H3;2*1H;/q;;;+2/p-2. The average Bonchev–Trinajstić information content (AvgIpc) is 3.23. The zero-order chi connectivity index (χ0) is 20.2. The van der Waals surface area contributed by atoms with Crippen molar-refractivity contribution >= 4 is 31.6 Å². The summed E-state index contributed by atoms with van der Waals surface area (Å²) >= 11 is 0.194. The molecule has 3 aromatic rings. The third kappa shape index (κ3) is 7.65. The summed E-state index contributed by atoms with van der Waals surface area (Å²) < 4.78 is 5.92. The molecule has 0 saturated heterocycles. The average molecular weight is 457 g/mol. The monoisotopic (exact) mass is 456 g/mol. The van der Waals surface area contributed by atoms with Gasteiger partial charge in [-0.15, -0.1) is 0 Å². The van der Waals surface area contributed by atoms with Gasteiger partial charge in [-0.3, -0.25) is 9.98 Å². The van der Waals surface area contributed by atoms with E-state index in [0.29, 0.717) is 13.1 Å². The Morgan fingerprint density at radius 2 is 1.07 bits per heavy atom. The van der Waals surface area contributed by atoms with Crippen LogP contribution in [0.25, 0.3) is 0 Å². The molecular weight excluding hydrogens is 435 g/mol. The predicted octanol–water partition coefficient (Wildman–Crippen LogP) is 6.67. The first kappa shape index (κ1) is 22.4. The molecule has 2 aromatic carbocycles. The summed E-state index contributed by atoms with van der Waals surface area (Å²) in [5.41, 5.74) is 4.17. The molecule has 1 aromatic heterocycles. The van der Waals surface area contributed by atoms with Crippen molar-refractivity contribution < 1.29 is 17.6 Å². The van der Waals surface area contributed by atoms with Crippen molar-refractivity contribution in [2.24, 2.45) is 9.98 Å². The third-order valence-corrected chi connectivity index (χ3v) is 4.00. The fourth-order valence-corrected chi connectivity index (χ4v) is 2.47. The molecule has 0 unspecified atom stereocenters. The number of halogens is 2. The molecule has 0 aliphatic carbocycles. The van der Waals surface area contributed by atoms with Gasteiger partial charge in [0.1, 0.15) is 11.5 Å². The van der Waals surface area contributed by atoms with Crippen molar-refractivity contribution in [3.8, 4) is 0 Å². The topological polar surface area (TPSA) is 37.9 Å². The minimum absolute atomic E-state index is 0.194. The maximum atomic E-state index is 5.92. The number of rotatable bonds is 6. The molecule has 0 radical (unpaired) electrons. The number of furan rings is 1. The van der Waals surface area contributed by atoms with Crippen LogP contribution >= 0.6 is 20.2 Å². The van der Waals surface area contributed by atoms with Crippen LogP contribution in [0.4, 0.5) is 0 Å². The summed E-state index contributed by atoms with van der Waals surface area (Å²) in [5, 5.41) is 0. The van der Waals surface area contributed by atoms with Gasteiger partial charge < -0.3 is 4.42 Å². The molecule has 3 rings (SSSR count). The summed E-state index contributed by atoms with van der Waals surface area (Å²) in [6, 6.07) is 24.3. The molecule has 1 heterocycles. The van der Waals surface area contributed by atoms with Gasteiger partial charge in [0.2, 0.25) is 0 Å². The quantitative estimate of drug-likeness (QED) is 0.301. The molecule has 0 N–H and O–H groups in total. The van der Waals surface area contributed by atoms with Crippen LogP contribution in [0.3, 0.4) is 0 Å². The van der Waals surface area contributed by atoms with E-state index in [-0.39, 0.29) is 13.1 Å². The van der Waals surface area contributed by atoms with E-state index in [4.69, 9.17) is 24.6 Å². The number of aliphatic imine (C=N–C) groups is 2. The van der Waals surface area contributed by atoms with Gasteiger partial charge in [0.25, 0.3) is 0 Å². The number of nitrogens with zero attached hydrogens (tertiary/aromatic N) is 2. The number of benzene rings is 2. The summed E-state index contributed by atoms with van der Waals surface area (Å²) in [4.78, 5) is 9.23. The maximum absolute atomic E-state index is 5.92. The second-order valence-electron chi connectivity index (χ2n) is 5.99. The Labute approximate surface area is 181 Å². The second-order valence-corrected chi connectivity index (χ2v) is 7.81. The van der Waals surface area contributed by atoms with E-state index in [1.54, 1.807) is 0 Å². The zero-order valence-corrected chi connectivity index (χ0v) is 18.4. The molecule has 0 atom stereocenters. The first-order valence-corrected chi connectivity index (χ1v) is 11.7. The Bertz CT molecular complexity index is 821. The fourth-order valence-electron chi connectivity index (χ4n) is 2.47.